The third-order valence-electron chi connectivity index (χ3n) is 2.60. The highest BCUT2D eigenvalue weighted by Gasteiger charge is 2.03. The van der Waals surface area contributed by atoms with Gasteiger partial charge in [0.2, 0.25) is 0 Å². The van der Waals surface area contributed by atoms with Crippen LogP contribution in [0.5, 0.6) is 0 Å². The Morgan fingerprint density at radius 2 is 2.07 bits per heavy atom. The summed E-state index contributed by atoms with van der Waals surface area (Å²) < 4.78 is 0. The fourth-order valence-electron chi connectivity index (χ4n) is 1.77. The summed E-state index contributed by atoms with van der Waals surface area (Å²) in [4.78, 5) is 0. The van der Waals surface area contributed by atoms with Crippen LogP contribution in [0.2, 0.25) is 0 Å². The molecule has 0 spiro atoms. The highest BCUT2D eigenvalue weighted by molar-refractivity contribution is 5.49. The van der Waals surface area contributed by atoms with Crippen LogP contribution >= 0.6 is 0 Å². The fourth-order valence-corrected chi connectivity index (χ4v) is 1.77. The first-order chi connectivity index (χ1) is 7.15. The van der Waals surface area contributed by atoms with Crippen LogP contribution in [0.3, 0.4) is 0 Å². The van der Waals surface area contributed by atoms with Gasteiger partial charge in [-0.05, 0) is 49.1 Å². The van der Waals surface area contributed by atoms with Crippen molar-refractivity contribution >= 4 is 5.69 Å². The molecule has 1 aromatic rings. The third-order valence-corrected chi connectivity index (χ3v) is 2.60. The molecule has 15 heavy (non-hydrogen) atoms. The summed E-state index contributed by atoms with van der Waals surface area (Å²) in [6.45, 7) is 8.32. The Morgan fingerprint density at radius 1 is 1.33 bits per heavy atom. The Bertz CT molecular complexity index is 305. The van der Waals surface area contributed by atoms with Crippen LogP contribution in [-0.2, 0) is 0 Å². The first-order valence-electron chi connectivity index (χ1n) is 5.69. The largest absolute Gasteiger partial charge is 0.385 e. The molecule has 0 heterocycles. The van der Waals surface area contributed by atoms with Gasteiger partial charge in [-0.1, -0.05) is 19.9 Å². The van der Waals surface area contributed by atoms with E-state index in [9.17, 15) is 0 Å². The van der Waals surface area contributed by atoms with Crippen molar-refractivity contribution in [1.29, 1.82) is 0 Å². The summed E-state index contributed by atoms with van der Waals surface area (Å²) in [7, 11) is 0. The van der Waals surface area contributed by atoms with Crippen molar-refractivity contribution in [2.24, 2.45) is 5.73 Å². The van der Waals surface area contributed by atoms with Crippen LogP contribution in [0.15, 0.2) is 18.2 Å². The van der Waals surface area contributed by atoms with E-state index < -0.39 is 0 Å². The molecule has 1 rings (SSSR count). The Hall–Kier alpha value is -1.02. The van der Waals surface area contributed by atoms with Crippen LogP contribution in [0.25, 0.3) is 0 Å². The molecule has 0 aliphatic carbocycles. The molecule has 0 aromatic heterocycles. The molecule has 84 valence electrons. The van der Waals surface area contributed by atoms with Crippen molar-refractivity contribution in [1.82, 2.24) is 0 Å². The van der Waals surface area contributed by atoms with Gasteiger partial charge in [-0.25, -0.2) is 0 Å². The third kappa shape index (κ3) is 3.56. The van der Waals surface area contributed by atoms with Crippen molar-refractivity contribution in [3.05, 3.63) is 29.3 Å². The summed E-state index contributed by atoms with van der Waals surface area (Å²) in [6, 6.07) is 6.58. The summed E-state index contributed by atoms with van der Waals surface area (Å²) in [6.07, 6.45) is 1.02. The lowest BCUT2D eigenvalue weighted by Gasteiger charge is -2.12. The molecule has 0 fully saturated rings. The molecule has 0 saturated heterocycles. The van der Waals surface area contributed by atoms with E-state index in [-0.39, 0.29) is 0 Å². The molecule has 0 atom stereocenters. The molecule has 0 unspecified atom stereocenters. The van der Waals surface area contributed by atoms with Crippen molar-refractivity contribution in [3.8, 4) is 0 Å². The summed E-state index contributed by atoms with van der Waals surface area (Å²) in [5.74, 6) is 0.600. The second-order valence-electron chi connectivity index (χ2n) is 4.30. The lowest BCUT2D eigenvalue weighted by Crippen LogP contribution is -2.08. The predicted molar refractivity (Wildman–Crippen MR) is 67.4 cm³/mol. The molecule has 0 aliphatic heterocycles. The molecule has 1 aromatic carbocycles. The second-order valence-corrected chi connectivity index (χ2v) is 4.30. The highest BCUT2D eigenvalue weighted by atomic mass is 14.9. The Balaban J connectivity index is 2.65. The zero-order valence-electron chi connectivity index (χ0n) is 10.0. The van der Waals surface area contributed by atoms with E-state index in [0.29, 0.717) is 5.92 Å². The van der Waals surface area contributed by atoms with Gasteiger partial charge in [0.1, 0.15) is 0 Å². The van der Waals surface area contributed by atoms with E-state index in [1.165, 1.54) is 16.8 Å². The lowest BCUT2D eigenvalue weighted by atomic mass is 9.98. The topological polar surface area (TPSA) is 38.0 Å². The molecular formula is C13H22N2. The van der Waals surface area contributed by atoms with Gasteiger partial charge in [-0.2, -0.15) is 0 Å². The van der Waals surface area contributed by atoms with Crippen LogP contribution in [0.1, 0.15) is 37.3 Å². The number of nitrogens with two attached hydrogens (primary N) is 1. The lowest BCUT2D eigenvalue weighted by molar-refractivity contribution is 0.854. The number of aryl methyl sites for hydroxylation is 1. The normalized spacial score (nSPS) is 10.7. The number of rotatable bonds is 5. The van der Waals surface area contributed by atoms with Crippen LogP contribution in [-0.4, -0.2) is 13.1 Å². The monoisotopic (exact) mass is 206 g/mol. The maximum absolute atomic E-state index is 5.45. The minimum atomic E-state index is 0.600. The maximum Gasteiger partial charge on any atom is 0.0343 e. The molecule has 2 heteroatoms. The number of hydrogen-bond acceptors (Lipinski definition) is 2. The average Bonchev–Trinajstić information content (AvgIpc) is 2.17. The number of benzene rings is 1. The van der Waals surface area contributed by atoms with Gasteiger partial charge in [0.05, 0.1) is 0 Å². The average molecular weight is 206 g/mol. The van der Waals surface area contributed by atoms with E-state index >= 15 is 0 Å². The maximum atomic E-state index is 5.45. The van der Waals surface area contributed by atoms with Crippen LogP contribution in [0, 0.1) is 6.92 Å². The second kappa shape index (κ2) is 5.76. The summed E-state index contributed by atoms with van der Waals surface area (Å²) in [5.41, 5.74) is 9.44. The van der Waals surface area contributed by atoms with Gasteiger partial charge < -0.3 is 11.1 Å². The van der Waals surface area contributed by atoms with Gasteiger partial charge >= 0.3 is 0 Å². The SMILES string of the molecule is Cc1cc(NCCCN)ccc1C(C)C. The van der Waals surface area contributed by atoms with E-state index in [2.05, 4.69) is 44.3 Å². The number of anilines is 1. The van der Waals surface area contributed by atoms with E-state index in [1.54, 1.807) is 0 Å². The van der Waals surface area contributed by atoms with Gasteiger partial charge in [0.25, 0.3) is 0 Å². The van der Waals surface area contributed by atoms with Crippen LogP contribution < -0.4 is 11.1 Å². The smallest absolute Gasteiger partial charge is 0.0343 e. The predicted octanol–water partition coefficient (Wildman–Crippen LogP) is 2.88. The molecule has 0 saturated carbocycles. The zero-order chi connectivity index (χ0) is 11.3. The molecule has 2 nitrogen and oxygen atoms in total. The van der Waals surface area contributed by atoms with E-state index in [0.717, 1.165) is 19.5 Å². The molecule has 0 bridgehead atoms. The van der Waals surface area contributed by atoms with Crippen molar-refractivity contribution in [2.75, 3.05) is 18.4 Å². The quantitative estimate of drug-likeness (QED) is 0.727. The zero-order valence-corrected chi connectivity index (χ0v) is 10.0. The summed E-state index contributed by atoms with van der Waals surface area (Å²) in [5, 5.41) is 3.37. The minimum absolute atomic E-state index is 0.600. The molecule has 3 N–H and O–H groups in total. The Labute approximate surface area is 92.9 Å². The van der Waals surface area contributed by atoms with Gasteiger partial charge in [0.15, 0.2) is 0 Å². The Morgan fingerprint density at radius 3 is 2.60 bits per heavy atom. The first-order valence-corrected chi connectivity index (χ1v) is 5.69. The number of hydrogen-bond donors (Lipinski definition) is 2. The molecule has 0 radical (unpaired) electrons. The van der Waals surface area contributed by atoms with Crippen molar-refractivity contribution in [3.63, 3.8) is 0 Å². The summed E-state index contributed by atoms with van der Waals surface area (Å²) >= 11 is 0. The van der Waals surface area contributed by atoms with Crippen molar-refractivity contribution in [2.45, 2.75) is 33.1 Å². The molecule has 0 aliphatic rings. The highest BCUT2D eigenvalue weighted by Crippen LogP contribution is 2.22. The van der Waals surface area contributed by atoms with E-state index in [4.69, 9.17) is 5.73 Å². The van der Waals surface area contributed by atoms with Gasteiger partial charge in [0, 0.05) is 12.2 Å². The molecule has 0 amide bonds. The van der Waals surface area contributed by atoms with Gasteiger partial charge in [-0.3, -0.25) is 0 Å². The molecular weight excluding hydrogens is 184 g/mol. The fraction of sp³-hybridized carbons (Fsp3) is 0.538. The minimum Gasteiger partial charge on any atom is -0.385 e. The first kappa shape index (κ1) is 12.1. The van der Waals surface area contributed by atoms with Crippen LogP contribution in [0.4, 0.5) is 5.69 Å². The van der Waals surface area contributed by atoms with Crippen molar-refractivity contribution < 1.29 is 0 Å². The Kier molecular flexibility index (Phi) is 4.63. The number of nitrogens with one attached hydrogen (secondary N) is 1. The standard InChI is InChI=1S/C13H22N2/c1-10(2)13-6-5-12(9-11(13)3)15-8-4-7-14/h5-6,9-10,15H,4,7-8,14H2,1-3H3. The van der Waals surface area contributed by atoms with Gasteiger partial charge in [-0.15, -0.1) is 0 Å². The van der Waals surface area contributed by atoms with E-state index in [1.807, 2.05) is 0 Å².